The lowest BCUT2D eigenvalue weighted by atomic mass is 10.2. The molecule has 0 saturated heterocycles. The van der Waals surface area contributed by atoms with Crippen molar-refractivity contribution in [3.8, 4) is 6.07 Å². The lowest BCUT2D eigenvalue weighted by Gasteiger charge is -2.07. The molecule has 102 valence electrons. The highest BCUT2D eigenvalue weighted by atomic mass is 16.5. The molecule has 19 heavy (non-hydrogen) atoms. The molecule has 0 fully saturated rings. The third-order valence-corrected chi connectivity index (χ3v) is 2.42. The highest BCUT2D eigenvalue weighted by Gasteiger charge is 2.03. The van der Waals surface area contributed by atoms with E-state index in [-0.39, 0.29) is 5.91 Å². The fraction of sp³-hybridized carbons (Fsp3) is 0.467. The van der Waals surface area contributed by atoms with Gasteiger partial charge in [0, 0.05) is 25.3 Å². The zero-order valence-corrected chi connectivity index (χ0v) is 11.5. The summed E-state index contributed by atoms with van der Waals surface area (Å²) in [5.74, 6) is 0.464. The molecule has 1 N–H and O–H groups in total. The molecule has 0 aromatic heterocycles. The van der Waals surface area contributed by atoms with Crippen LogP contribution in [0.15, 0.2) is 24.3 Å². The maximum atomic E-state index is 11.7. The van der Waals surface area contributed by atoms with E-state index in [9.17, 15) is 4.79 Å². The van der Waals surface area contributed by atoms with E-state index < -0.39 is 0 Å². The number of hydrogen-bond donors (Lipinski definition) is 1. The molecule has 0 aliphatic heterocycles. The summed E-state index contributed by atoms with van der Waals surface area (Å²) in [5.41, 5.74) is 1.20. The smallest absolute Gasteiger partial charge is 0.224 e. The van der Waals surface area contributed by atoms with Crippen LogP contribution in [0.2, 0.25) is 0 Å². The first-order valence-electron chi connectivity index (χ1n) is 6.49. The van der Waals surface area contributed by atoms with Crippen molar-refractivity contribution in [3.05, 3.63) is 29.8 Å². The van der Waals surface area contributed by atoms with Gasteiger partial charge < -0.3 is 10.1 Å². The first kappa shape index (κ1) is 15.2. The number of benzene rings is 1. The van der Waals surface area contributed by atoms with Crippen molar-refractivity contribution in [1.29, 1.82) is 5.26 Å². The highest BCUT2D eigenvalue weighted by molar-refractivity contribution is 5.90. The average molecular weight is 260 g/mol. The Morgan fingerprint density at radius 2 is 2.26 bits per heavy atom. The molecule has 0 aliphatic rings. The maximum absolute atomic E-state index is 11.7. The molecule has 1 aromatic carbocycles. The van der Waals surface area contributed by atoms with Crippen molar-refractivity contribution >= 4 is 11.6 Å². The monoisotopic (exact) mass is 260 g/mol. The highest BCUT2D eigenvalue weighted by Crippen LogP contribution is 2.10. The molecule has 0 unspecified atom stereocenters. The van der Waals surface area contributed by atoms with Crippen LogP contribution in [0.1, 0.15) is 32.3 Å². The van der Waals surface area contributed by atoms with Crippen LogP contribution < -0.4 is 5.32 Å². The van der Waals surface area contributed by atoms with E-state index in [2.05, 4.69) is 19.2 Å². The molecule has 0 atom stereocenters. The number of carbonyl (C=O) groups is 1. The van der Waals surface area contributed by atoms with Crippen molar-refractivity contribution in [2.45, 2.75) is 26.7 Å². The van der Waals surface area contributed by atoms with Gasteiger partial charge in [0.1, 0.15) is 0 Å². The predicted octanol–water partition coefficient (Wildman–Crippen LogP) is 2.95. The lowest BCUT2D eigenvalue weighted by molar-refractivity contribution is -0.116. The summed E-state index contributed by atoms with van der Waals surface area (Å²) in [5, 5.41) is 11.5. The van der Waals surface area contributed by atoms with Gasteiger partial charge in [-0.2, -0.15) is 5.26 Å². The standard InChI is InChI=1S/C15H20N2O2/c1-12(2)11-19-8-4-7-15(18)17-14-6-3-5-13(9-14)10-16/h3,5-6,9,12H,4,7-8,11H2,1-2H3,(H,17,18). The van der Waals surface area contributed by atoms with Gasteiger partial charge in [-0.15, -0.1) is 0 Å². The summed E-state index contributed by atoms with van der Waals surface area (Å²) >= 11 is 0. The van der Waals surface area contributed by atoms with E-state index in [0.29, 0.717) is 36.6 Å². The Labute approximate surface area is 114 Å². The van der Waals surface area contributed by atoms with Crippen molar-refractivity contribution in [3.63, 3.8) is 0 Å². The number of ether oxygens (including phenoxy) is 1. The molecule has 1 rings (SSSR count). The van der Waals surface area contributed by atoms with Gasteiger partial charge in [-0.1, -0.05) is 19.9 Å². The summed E-state index contributed by atoms with van der Waals surface area (Å²) in [4.78, 5) is 11.7. The van der Waals surface area contributed by atoms with Crippen molar-refractivity contribution in [2.75, 3.05) is 18.5 Å². The van der Waals surface area contributed by atoms with E-state index in [1.807, 2.05) is 6.07 Å². The van der Waals surface area contributed by atoms with Crippen LogP contribution in [-0.4, -0.2) is 19.1 Å². The zero-order valence-electron chi connectivity index (χ0n) is 11.5. The van der Waals surface area contributed by atoms with Gasteiger partial charge in [-0.05, 0) is 30.5 Å². The van der Waals surface area contributed by atoms with Crippen LogP contribution in [0.25, 0.3) is 0 Å². The molecule has 0 spiro atoms. The lowest BCUT2D eigenvalue weighted by Crippen LogP contribution is -2.13. The van der Waals surface area contributed by atoms with Gasteiger partial charge in [0.15, 0.2) is 0 Å². The third-order valence-electron chi connectivity index (χ3n) is 2.42. The van der Waals surface area contributed by atoms with Crippen LogP contribution in [0, 0.1) is 17.2 Å². The molecule has 4 heteroatoms. The van der Waals surface area contributed by atoms with Gasteiger partial charge >= 0.3 is 0 Å². The minimum Gasteiger partial charge on any atom is -0.381 e. The number of nitriles is 1. The molecule has 0 bridgehead atoms. The molecular formula is C15H20N2O2. The number of anilines is 1. The molecule has 0 aliphatic carbocycles. The summed E-state index contributed by atoms with van der Waals surface area (Å²) in [6.07, 6.45) is 1.13. The number of carbonyl (C=O) groups excluding carboxylic acids is 1. The molecule has 0 saturated carbocycles. The molecule has 0 radical (unpaired) electrons. The third kappa shape index (κ3) is 6.58. The largest absolute Gasteiger partial charge is 0.381 e. The molecule has 1 aromatic rings. The Hall–Kier alpha value is -1.86. The second-order valence-electron chi connectivity index (χ2n) is 4.81. The quantitative estimate of drug-likeness (QED) is 0.767. The average Bonchev–Trinajstić information content (AvgIpc) is 2.38. The molecule has 0 heterocycles. The summed E-state index contributed by atoms with van der Waals surface area (Å²) in [6, 6.07) is 8.93. The van der Waals surface area contributed by atoms with E-state index in [4.69, 9.17) is 10.00 Å². The molecular weight excluding hydrogens is 240 g/mol. The normalized spacial score (nSPS) is 10.2. The molecule has 4 nitrogen and oxygen atoms in total. The first-order valence-corrected chi connectivity index (χ1v) is 6.49. The predicted molar refractivity (Wildman–Crippen MR) is 74.7 cm³/mol. The second-order valence-corrected chi connectivity index (χ2v) is 4.81. The summed E-state index contributed by atoms with van der Waals surface area (Å²) in [7, 11) is 0. The van der Waals surface area contributed by atoms with Gasteiger partial charge in [-0.3, -0.25) is 4.79 Å². The minimum absolute atomic E-state index is 0.0526. The Morgan fingerprint density at radius 1 is 1.47 bits per heavy atom. The van der Waals surface area contributed by atoms with Crippen molar-refractivity contribution in [2.24, 2.45) is 5.92 Å². The number of nitrogens with zero attached hydrogens (tertiary/aromatic N) is 1. The summed E-state index contributed by atoms with van der Waals surface area (Å²) < 4.78 is 5.41. The van der Waals surface area contributed by atoms with Crippen LogP contribution >= 0.6 is 0 Å². The minimum atomic E-state index is -0.0526. The Kier molecular flexibility index (Phi) is 6.62. The Morgan fingerprint density at radius 3 is 2.95 bits per heavy atom. The summed E-state index contributed by atoms with van der Waals surface area (Å²) in [6.45, 7) is 5.51. The van der Waals surface area contributed by atoms with Crippen LogP contribution in [0.3, 0.4) is 0 Å². The van der Waals surface area contributed by atoms with Gasteiger partial charge in [0.05, 0.1) is 11.6 Å². The first-order chi connectivity index (χ1) is 9.11. The van der Waals surface area contributed by atoms with Crippen molar-refractivity contribution in [1.82, 2.24) is 0 Å². The SMILES string of the molecule is CC(C)COCCCC(=O)Nc1cccc(C#N)c1. The van der Waals surface area contributed by atoms with E-state index in [1.54, 1.807) is 24.3 Å². The number of hydrogen-bond acceptors (Lipinski definition) is 3. The second kappa shape index (κ2) is 8.28. The van der Waals surface area contributed by atoms with Gasteiger partial charge in [0.2, 0.25) is 5.91 Å². The molecule has 1 amide bonds. The number of amides is 1. The Bertz CT molecular complexity index is 450. The van der Waals surface area contributed by atoms with Gasteiger partial charge in [0.25, 0.3) is 0 Å². The fourth-order valence-electron chi connectivity index (χ4n) is 1.54. The number of rotatable bonds is 7. The topological polar surface area (TPSA) is 62.1 Å². The maximum Gasteiger partial charge on any atom is 0.224 e. The van der Waals surface area contributed by atoms with Crippen LogP contribution in [0.5, 0.6) is 0 Å². The van der Waals surface area contributed by atoms with E-state index >= 15 is 0 Å². The van der Waals surface area contributed by atoms with Crippen LogP contribution in [-0.2, 0) is 9.53 Å². The number of nitrogens with one attached hydrogen (secondary N) is 1. The van der Waals surface area contributed by atoms with E-state index in [0.717, 1.165) is 6.61 Å². The van der Waals surface area contributed by atoms with Gasteiger partial charge in [-0.25, -0.2) is 0 Å². The zero-order chi connectivity index (χ0) is 14.1. The van der Waals surface area contributed by atoms with Crippen LogP contribution in [0.4, 0.5) is 5.69 Å². The van der Waals surface area contributed by atoms with Crippen molar-refractivity contribution < 1.29 is 9.53 Å². The fourth-order valence-corrected chi connectivity index (χ4v) is 1.54. The van der Waals surface area contributed by atoms with E-state index in [1.165, 1.54) is 0 Å². The Balaban J connectivity index is 2.25.